The van der Waals surface area contributed by atoms with E-state index in [0.29, 0.717) is 0 Å². The van der Waals surface area contributed by atoms with Gasteiger partial charge in [0.25, 0.3) is 5.91 Å². The van der Waals surface area contributed by atoms with Crippen molar-refractivity contribution >= 4 is 44.5 Å². The Hall–Kier alpha value is -0.650. The maximum Gasteiger partial charge on any atom is 0.263 e. The fraction of sp³-hybridized carbons (Fsp3) is 0.308. The Kier molecular flexibility index (Phi) is 4.97. The number of halogens is 1. The molecule has 5 heteroatoms. The van der Waals surface area contributed by atoms with E-state index < -0.39 is 0 Å². The van der Waals surface area contributed by atoms with E-state index in [2.05, 4.69) is 34.2 Å². The first-order valence-electron chi connectivity index (χ1n) is 5.79. The number of thiophene rings is 2. The van der Waals surface area contributed by atoms with Gasteiger partial charge in [0.15, 0.2) is 0 Å². The summed E-state index contributed by atoms with van der Waals surface area (Å²) in [6.07, 6.45) is 2.02. The minimum atomic E-state index is 0.00345. The van der Waals surface area contributed by atoms with Gasteiger partial charge < -0.3 is 5.32 Å². The Morgan fingerprint density at radius 3 is 2.78 bits per heavy atom. The molecular weight excluding hydrogens is 330 g/mol. The fourth-order valence-corrected chi connectivity index (χ4v) is 4.01. The topological polar surface area (TPSA) is 29.1 Å². The number of carbonyl (C=O) groups excluding carboxylic acids is 1. The minimum Gasteiger partial charge on any atom is -0.344 e. The van der Waals surface area contributed by atoms with E-state index in [-0.39, 0.29) is 11.9 Å². The first-order chi connectivity index (χ1) is 8.72. The second-order valence-electron chi connectivity index (χ2n) is 3.93. The fourth-order valence-electron chi connectivity index (χ4n) is 1.74. The van der Waals surface area contributed by atoms with Crippen molar-refractivity contribution in [2.75, 3.05) is 0 Å². The predicted octanol–water partition coefficient (Wildman–Crippen LogP) is 4.84. The summed E-state index contributed by atoms with van der Waals surface area (Å²) in [7, 11) is 0. The highest BCUT2D eigenvalue weighted by Gasteiger charge is 2.18. The molecular formula is C13H14BrNOS2. The van der Waals surface area contributed by atoms with Crippen molar-refractivity contribution in [2.24, 2.45) is 0 Å². The van der Waals surface area contributed by atoms with Crippen LogP contribution in [0.25, 0.3) is 0 Å². The van der Waals surface area contributed by atoms with Gasteiger partial charge in [0, 0.05) is 9.35 Å². The first-order valence-corrected chi connectivity index (χ1v) is 8.35. The highest BCUT2D eigenvalue weighted by molar-refractivity contribution is 9.10. The first kappa shape index (κ1) is 13.8. The van der Waals surface area contributed by atoms with E-state index in [1.807, 2.05) is 22.9 Å². The number of carbonyl (C=O) groups is 1. The quantitative estimate of drug-likeness (QED) is 0.826. The number of hydrogen-bond acceptors (Lipinski definition) is 3. The summed E-state index contributed by atoms with van der Waals surface area (Å²) in [6, 6.07) is 6.13. The molecule has 2 heterocycles. The van der Waals surface area contributed by atoms with E-state index in [4.69, 9.17) is 0 Å². The molecule has 2 rings (SSSR count). The molecule has 0 bridgehead atoms. The summed E-state index contributed by atoms with van der Waals surface area (Å²) < 4.78 is 0.867. The number of hydrogen-bond donors (Lipinski definition) is 1. The van der Waals surface area contributed by atoms with Crippen LogP contribution in [0.5, 0.6) is 0 Å². The van der Waals surface area contributed by atoms with Crippen molar-refractivity contribution in [2.45, 2.75) is 25.8 Å². The summed E-state index contributed by atoms with van der Waals surface area (Å²) in [5.41, 5.74) is 0. The zero-order valence-corrected chi connectivity index (χ0v) is 13.2. The zero-order chi connectivity index (χ0) is 13.0. The molecule has 0 saturated carbocycles. The average molecular weight is 344 g/mol. The maximum atomic E-state index is 12.2. The molecule has 0 spiro atoms. The summed E-state index contributed by atoms with van der Waals surface area (Å²) >= 11 is 6.55. The third-order valence-electron chi connectivity index (χ3n) is 2.59. The van der Waals surface area contributed by atoms with Crippen LogP contribution in [-0.4, -0.2) is 5.91 Å². The lowest BCUT2D eigenvalue weighted by molar-refractivity contribution is 0.0938. The van der Waals surface area contributed by atoms with Gasteiger partial charge >= 0.3 is 0 Å². The Bertz CT molecular complexity index is 507. The number of amides is 1. The van der Waals surface area contributed by atoms with E-state index in [9.17, 15) is 4.79 Å². The maximum absolute atomic E-state index is 12.2. The van der Waals surface area contributed by atoms with Crippen molar-refractivity contribution < 1.29 is 4.79 Å². The zero-order valence-electron chi connectivity index (χ0n) is 9.98. The molecule has 1 unspecified atom stereocenters. The lowest BCUT2D eigenvalue weighted by atomic mass is 10.1. The van der Waals surface area contributed by atoms with E-state index >= 15 is 0 Å². The molecule has 1 N–H and O–H groups in total. The highest BCUT2D eigenvalue weighted by atomic mass is 79.9. The van der Waals surface area contributed by atoms with Crippen molar-refractivity contribution in [1.29, 1.82) is 0 Å². The molecule has 0 saturated heterocycles. The van der Waals surface area contributed by atoms with Gasteiger partial charge in [-0.25, -0.2) is 0 Å². The standard InChI is InChI=1S/C13H14BrNOS2/c1-2-4-10(11-5-3-7-17-11)15-13(16)12-9(14)6-8-18-12/h3,5-8,10H,2,4H2,1H3,(H,15,16). The summed E-state index contributed by atoms with van der Waals surface area (Å²) in [5.74, 6) is 0.00345. The van der Waals surface area contributed by atoms with Crippen LogP contribution in [0.2, 0.25) is 0 Å². The van der Waals surface area contributed by atoms with Crippen LogP contribution < -0.4 is 5.32 Å². The van der Waals surface area contributed by atoms with Gasteiger partial charge in [-0.15, -0.1) is 22.7 Å². The van der Waals surface area contributed by atoms with Gasteiger partial charge in [0.05, 0.1) is 6.04 Å². The van der Waals surface area contributed by atoms with E-state index in [1.54, 1.807) is 11.3 Å². The third kappa shape index (κ3) is 3.22. The molecule has 18 heavy (non-hydrogen) atoms. The minimum absolute atomic E-state index is 0.00345. The van der Waals surface area contributed by atoms with Gasteiger partial charge in [-0.05, 0) is 45.2 Å². The number of rotatable bonds is 5. The Morgan fingerprint density at radius 2 is 2.22 bits per heavy atom. The Balaban J connectivity index is 2.10. The third-order valence-corrected chi connectivity index (χ3v) is 5.42. The Morgan fingerprint density at radius 1 is 1.39 bits per heavy atom. The summed E-state index contributed by atoms with van der Waals surface area (Å²) in [5, 5.41) is 7.08. The summed E-state index contributed by atoms with van der Waals surface area (Å²) in [4.78, 5) is 14.1. The van der Waals surface area contributed by atoms with Gasteiger partial charge in [0.2, 0.25) is 0 Å². The number of nitrogens with one attached hydrogen (secondary N) is 1. The molecule has 2 aromatic heterocycles. The van der Waals surface area contributed by atoms with Crippen LogP contribution >= 0.6 is 38.6 Å². The van der Waals surface area contributed by atoms with Crippen LogP contribution in [-0.2, 0) is 0 Å². The van der Waals surface area contributed by atoms with Crippen LogP contribution in [0.1, 0.15) is 40.4 Å². The molecule has 0 aromatic carbocycles. The van der Waals surface area contributed by atoms with E-state index in [1.165, 1.54) is 16.2 Å². The van der Waals surface area contributed by atoms with Crippen molar-refractivity contribution in [3.8, 4) is 0 Å². The smallest absolute Gasteiger partial charge is 0.263 e. The molecule has 0 aliphatic carbocycles. The van der Waals surface area contributed by atoms with Crippen LogP contribution in [0.3, 0.4) is 0 Å². The van der Waals surface area contributed by atoms with Gasteiger partial charge in [0.1, 0.15) is 4.88 Å². The van der Waals surface area contributed by atoms with Gasteiger partial charge in [-0.3, -0.25) is 4.79 Å². The average Bonchev–Trinajstić information content (AvgIpc) is 2.98. The lowest BCUT2D eigenvalue weighted by Gasteiger charge is -2.16. The monoisotopic (exact) mass is 343 g/mol. The van der Waals surface area contributed by atoms with Crippen LogP contribution in [0, 0.1) is 0 Å². The molecule has 1 atom stereocenters. The van der Waals surface area contributed by atoms with Gasteiger partial charge in [-0.1, -0.05) is 19.4 Å². The van der Waals surface area contributed by atoms with E-state index in [0.717, 1.165) is 22.2 Å². The highest BCUT2D eigenvalue weighted by Crippen LogP contribution is 2.26. The molecule has 0 aliphatic heterocycles. The molecule has 1 amide bonds. The van der Waals surface area contributed by atoms with Crippen molar-refractivity contribution in [1.82, 2.24) is 5.32 Å². The molecule has 0 fully saturated rings. The predicted molar refractivity (Wildman–Crippen MR) is 81.5 cm³/mol. The molecule has 0 aliphatic rings. The second-order valence-corrected chi connectivity index (χ2v) is 6.68. The van der Waals surface area contributed by atoms with Crippen molar-refractivity contribution in [3.63, 3.8) is 0 Å². The van der Waals surface area contributed by atoms with Crippen LogP contribution in [0.15, 0.2) is 33.4 Å². The largest absolute Gasteiger partial charge is 0.344 e. The molecule has 2 aromatic rings. The SMILES string of the molecule is CCCC(NC(=O)c1sccc1Br)c1cccs1. The Labute approximate surface area is 123 Å². The normalized spacial score (nSPS) is 12.3. The molecule has 2 nitrogen and oxygen atoms in total. The second kappa shape index (κ2) is 6.50. The lowest BCUT2D eigenvalue weighted by Crippen LogP contribution is -2.27. The molecule has 0 radical (unpaired) electrons. The summed E-state index contributed by atoms with van der Waals surface area (Å²) in [6.45, 7) is 2.13. The van der Waals surface area contributed by atoms with Gasteiger partial charge in [-0.2, -0.15) is 0 Å². The van der Waals surface area contributed by atoms with Crippen molar-refractivity contribution in [3.05, 3.63) is 43.2 Å². The van der Waals surface area contributed by atoms with Crippen LogP contribution in [0.4, 0.5) is 0 Å². The molecule has 96 valence electrons.